The Hall–Kier alpha value is -1.08. The fourth-order valence-corrected chi connectivity index (χ4v) is 3.64. The Labute approximate surface area is 164 Å². The van der Waals surface area contributed by atoms with Gasteiger partial charge in [-0.1, -0.05) is 30.3 Å². The van der Waals surface area contributed by atoms with E-state index in [2.05, 4.69) is 56.2 Å². The third kappa shape index (κ3) is 6.09. The van der Waals surface area contributed by atoms with E-state index < -0.39 is 5.91 Å². The summed E-state index contributed by atoms with van der Waals surface area (Å²) in [5, 5.41) is 3.48. The zero-order valence-electron chi connectivity index (χ0n) is 13.1. The first-order valence-corrected chi connectivity index (χ1v) is 8.73. The van der Waals surface area contributed by atoms with Crippen molar-refractivity contribution >= 4 is 50.2 Å². The molecule has 0 saturated carbocycles. The number of primary amides is 1. The summed E-state index contributed by atoms with van der Waals surface area (Å²) in [5.74, 6) is 0.0647. The SMILES string of the molecule is CC(NCc1cc(Br)c(OCC(N)=O)c(Br)c1)c1ccccc1.Cl. The number of carbonyl (C=O) groups is 1. The highest BCUT2D eigenvalue weighted by molar-refractivity contribution is 9.11. The van der Waals surface area contributed by atoms with Crippen LogP contribution < -0.4 is 15.8 Å². The molecule has 1 unspecified atom stereocenters. The lowest BCUT2D eigenvalue weighted by atomic mass is 10.1. The Morgan fingerprint density at radius 2 is 1.79 bits per heavy atom. The van der Waals surface area contributed by atoms with Crippen molar-refractivity contribution in [1.29, 1.82) is 0 Å². The number of amides is 1. The number of ether oxygens (including phenoxy) is 1. The van der Waals surface area contributed by atoms with Gasteiger partial charge in [-0.2, -0.15) is 0 Å². The van der Waals surface area contributed by atoms with Crippen molar-refractivity contribution in [3.8, 4) is 5.75 Å². The second-order valence-electron chi connectivity index (χ2n) is 5.16. The van der Waals surface area contributed by atoms with Gasteiger partial charge in [0.25, 0.3) is 5.91 Å². The summed E-state index contributed by atoms with van der Waals surface area (Å²) in [6.07, 6.45) is 0. The summed E-state index contributed by atoms with van der Waals surface area (Å²) in [6.45, 7) is 2.69. The van der Waals surface area contributed by atoms with Crippen molar-refractivity contribution in [2.45, 2.75) is 19.5 Å². The highest BCUT2D eigenvalue weighted by atomic mass is 79.9. The number of nitrogens with two attached hydrogens (primary N) is 1. The molecule has 0 aliphatic rings. The van der Waals surface area contributed by atoms with Gasteiger partial charge in [0.1, 0.15) is 5.75 Å². The quantitative estimate of drug-likeness (QED) is 0.622. The summed E-state index contributed by atoms with van der Waals surface area (Å²) in [6, 6.07) is 14.5. The fourth-order valence-electron chi connectivity index (χ4n) is 2.13. The summed E-state index contributed by atoms with van der Waals surface area (Å²) >= 11 is 6.93. The maximum atomic E-state index is 10.8. The molecular formula is C17H19Br2ClN2O2. The minimum atomic E-state index is -0.508. The Kier molecular flexibility index (Phi) is 8.76. The normalized spacial score (nSPS) is 11.5. The number of nitrogens with one attached hydrogen (secondary N) is 1. The molecule has 2 rings (SSSR count). The van der Waals surface area contributed by atoms with Crippen LogP contribution in [0.1, 0.15) is 24.1 Å². The average molecular weight is 479 g/mol. The third-order valence-corrected chi connectivity index (χ3v) is 4.51. The minimum absolute atomic E-state index is 0. The molecule has 3 N–H and O–H groups in total. The molecule has 1 amide bonds. The van der Waals surface area contributed by atoms with Gasteiger partial charge in [0.2, 0.25) is 0 Å². The summed E-state index contributed by atoms with van der Waals surface area (Å²) < 4.78 is 6.94. The van der Waals surface area contributed by atoms with Crippen molar-refractivity contribution < 1.29 is 9.53 Å². The van der Waals surface area contributed by atoms with Crippen LogP contribution in [0.2, 0.25) is 0 Å². The molecule has 0 bridgehead atoms. The number of halogens is 3. The Morgan fingerprint density at radius 1 is 1.21 bits per heavy atom. The van der Waals surface area contributed by atoms with Crippen LogP contribution in [0.3, 0.4) is 0 Å². The van der Waals surface area contributed by atoms with Gasteiger partial charge in [0.15, 0.2) is 6.61 Å². The van der Waals surface area contributed by atoms with Gasteiger partial charge in [-0.3, -0.25) is 4.79 Å². The van der Waals surface area contributed by atoms with Crippen LogP contribution in [0.25, 0.3) is 0 Å². The molecule has 0 fully saturated rings. The lowest BCUT2D eigenvalue weighted by Gasteiger charge is -2.16. The van der Waals surface area contributed by atoms with Crippen LogP contribution in [-0.4, -0.2) is 12.5 Å². The van der Waals surface area contributed by atoms with E-state index in [0.717, 1.165) is 14.5 Å². The highest BCUT2D eigenvalue weighted by Gasteiger charge is 2.11. The second kappa shape index (κ2) is 10.0. The van der Waals surface area contributed by atoms with E-state index in [9.17, 15) is 4.79 Å². The van der Waals surface area contributed by atoms with Crippen molar-refractivity contribution in [1.82, 2.24) is 5.32 Å². The van der Waals surface area contributed by atoms with E-state index in [4.69, 9.17) is 10.5 Å². The molecule has 0 spiro atoms. The molecule has 130 valence electrons. The van der Waals surface area contributed by atoms with E-state index in [0.29, 0.717) is 12.3 Å². The topological polar surface area (TPSA) is 64.3 Å². The van der Waals surface area contributed by atoms with Crippen molar-refractivity contribution in [2.24, 2.45) is 5.73 Å². The summed E-state index contributed by atoms with van der Waals surface area (Å²) in [7, 11) is 0. The number of hydrogen-bond donors (Lipinski definition) is 2. The third-order valence-electron chi connectivity index (χ3n) is 3.33. The fraction of sp³-hybridized carbons (Fsp3) is 0.235. The molecular weight excluding hydrogens is 459 g/mol. The van der Waals surface area contributed by atoms with Crippen LogP contribution >= 0.6 is 44.3 Å². The smallest absolute Gasteiger partial charge is 0.255 e. The predicted molar refractivity (Wildman–Crippen MR) is 105 cm³/mol. The lowest BCUT2D eigenvalue weighted by molar-refractivity contribution is -0.119. The van der Waals surface area contributed by atoms with E-state index in [1.165, 1.54) is 5.56 Å². The maximum absolute atomic E-state index is 10.8. The van der Waals surface area contributed by atoms with Gasteiger partial charge in [-0.05, 0) is 62.0 Å². The molecule has 24 heavy (non-hydrogen) atoms. The number of benzene rings is 2. The Balaban J connectivity index is 0.00000288. The molecule has 0 aromatic heterocycles. The molecule has 0 aliphatic carbocycles. The first kappa shape index (κ1) is 21.0. The summed E-state index contributed by atoms with van der Waals surface area (Å²) in [4.78, 5) is 10.8. The van der Waals surface area contributed by atoms with Gasteiger partial charge in [0.05, 0.1) is 8.95 Å². The van der Waals surface area contributed by atoms with Crippen molar-refractivity contribution in [2.75, 3.05) is 6.61 Å². The van der Waals surface area contributed by atoms with Crippen molar-refractivity contribution in [3.05, 3.63) is 62.5 Å². The molecule has 2 aromatic rings. The average Bonchev–Trinajstić information content (AvgIpc) is 2.52. The van der Waals surface area contributed by atoms with E-state index in [-0.39, 0.29) is 25.1 Å². The zero-order valence-corrected chi connectivity index (χ0v) is 17.1. The second-order valence-corrected chi connectivity index (χ2v) is 6.87. The van der Waals surface area contributed by atoms with Crippen LogP contribution in [0.5, 0.6) is 5.75 Å². The Morgan fingerprint density at radius 3 is 2.33 bits per heavy atom. The van der Waals surface area contributed by atoms with Crippen LogP contribution in [-0.2, 0) is 11.3 Å². The predicted octanol–water partition coefficient (Wildman–Crippen LogP) is 4.35. The van der Waals surface area contributed by atoms with Gasteiger partial charge in [0, 0.05) is 12.6 Å². The molecule has 2 aromatic carbocycles. The Bertz CT molecular complexity index is 661. The van der Waals surface area contributed by atoms with E-state index in [1.807, 2.05) is 30.3 Å². The number of carbonyl (C=O) groups excluding carboxylic acids is 1. The molecule has 1 atom stereocenters. The van der Waals surface area contributed by atoms with Gasteiger partial charge in [-0.25, -0.2) is 0 Å². The van der Waals surface area contributed by atoms with Crippen molar-refractivity contribution in [3.63, 3.8) is 0 Å². The number of rotatable bonds is 7. The molecule has 0 saturated heterocycles. The van der Waals surface area contributed by atoms with Crippen LogP contribution in [0.4, 0.5) is 0 Å². The molecule has 4 nitrogen and oxygen atoms in total. The van der Waals surface area contributed by atoms with E-state index in [1.54, 1.807) is 0 Å². The first-order chi connectivity index (χ1) is 11.0. The zero-order chi connectivity index (χ0) is 16.8. The largest absolute Gasteiger partial charge is 0.481 e. The molecule has 0 radical (unpaired) electrons. The molecule has 7 heteroatoms. The minimum Gasteiger partial charge on any atom is -0.481 e. The lowest BCUT2D eigenvalue weighted by Crippen LogP contribution is -2.20. The first-order valence-electron chi connectivity index (χ1n) is 7.14. The maximum Gasteiger partial charge on any atom is 0.255 e. The van der Waals surface area contributed by atoms with Gasteiger partial charge < -0.3 is 15.8 Å². The molecule has 0 heterocycles. The summed E-state index contributed by atoms with van der Waals surface area (Å²) in [5.41, 5.74) is 7.44. The highest BCUT2D eigenvalue weighted by Crippen LogP contribution is 2.34. The van der Waals surface area contributed by atoms with Gasteiger partial charge >= 0.3 is 0 Å². The monoisotopic (exact) mass is 476 g/mol. The van der Waals surface area contributed by atoms with Crippen LogP contribution in [0, 0.1) is 0 Å². The van der Waals surface area contributed by atoms with Crippen LogP contribution in [0.15, 0.2) is 51.4 Å². The number of hydrogen-bond acceptors (Lipinski definition) is 3. The van der Waals surface area contributed by atoms with E-state index >= 15 is 0 Å². The van der Waals surface area contributed by atoms with Gasteiger partial charge in [-0.15, -0.1) is 12.4 Å². The molecule has 0 aliphatic heterocycles. The standard InChI is InChI=1S/C17H18Br2N2O2.ClH/c1-11(13-5-3-2-4-6-13)21-9-12-7-14(18)17(15(19)8-12)23-10-16(20)22;/h2-8,11,21H,9-10H2,1H3,(H2,20,22);1H.